The smallest absolute Gasteiger partial charge is 0.166 e. The highest BCUT2D eigenvalue weighted by molar-refractivity contribution is 14.1. The first-order valence-corrected chi connectivity index (χ1v) is 5.89. The summed E-state index contributed by atoms with van der Waals surface area (Å²) in [6, 6.07) is 13.6. The van der Waals surface area contributed by atoms with E-state index in [0.717, 1.165) is 26.8 Å². The molecule has 0 fully saturated rings. The van der Waals surface area contributed by atoms with Gasteiger partial charge in [-0.05, 0) is 64.0 Å². The van der Waals surface area contributed by atoms with Gasteiger partial charge in [0.05, 0.1) is 5.56 Å². The molecule has 0 aliphatic rings. The van der Waals surface area contributed by atoms with Crippen molar-refractivity contribution < 1.29 is 13.2 Å². The molecule has 2 aromatic carbocycles. The first kappa shape index (κ1) is 12.4. The van der Waals surface area contributed by atoms with E-state index in [9.17, 15) is 13.2 Å². The molecule has 2 aromatic rings. The third-order valence-electron chi connectivity index (χ3n) is 2.32. The molecule has 0 atom stereocenters. The molecule has 0 heterocycles. The van der Waals surface area contributed by atoms with Crippen molar-refractivity contribution in [3.05, 3.63) is 57.7 Å². The number of rotatable bonds is 1. The van der Waals surface area contributed by atoms with E-state index in [1.54, 1.807) is 6.07 Å². The molecule has 17 heavy (non-hydrogen) atoms. The van der Waals surface area contributed by atoms with Gasteiger partial charge in [-0.15, -0.1) is 0 Å². The van der Waals surface area contributed by atoms with Gasteiger partial charge in [0.25, 0.3) is 0 Å². The number of hydrogen-bond donors (Lipinski definition) is 0. The Balaban J connectivity index is 2.33. The van der Waals surface area contributed by atoms with Gasteiger partial charge in [0.1, 0.15) is 0 Å². The van der Waals surface area contributed by atoms with Gasteiger partial charge in [0.15, 0.2) is 0 Å². The molecule has 0 unspecified atom stereocenters. The van der Waals surface area contributed by atoms with Crippen LogP contribution < -0.4 is 0 Å². The monoisotopic (exact) mass is 347 g/mol. The van der Waals surface area contributed by atoms with Gasteiger partial charge in [0, 0.05) is 3.57 Å². The molecule has 0 amide bonds. The highest BCUT2D eigenvalue weighted by Gasteiger charge is 2.29. The molecular formula is C13H7F3I. The summed E-state index contributed by atoms with van der Waals surface area (Å²) >= 11 is 2.13. The van der Waals surface area contributed by atoms with Crippen LogP contribution in [0.5, 0.6) is 0 Å². The molecule has 0 bridgehead atoms. The summed E-state index contributed by atoms with van der Waals surface area (Å²) in [5.41, 5.74) is 0.987. The van der Waals surface area contributed by atoms with E-state index in [-0.39, 0.29) is 0 Å². The molecule has 4 heteroatoms. The summed E-state index contributed by atoms with van der Waals surface area (Å²) in [5, 5.41) is 0. The van der Waals surface area contributed by atoms with Crippen molar-refractivity contribution in [2.24, 2.45) is 0 Å². The summed E-state index contributed by atoms with van der Waals surface area (Å²) in [6.07, 6.45) is -4.28. The van der Waals surface area contributed by atoms with Gasteiger partial charge in [-0.3, -0.25) is 0 Å². The summed E-state index contributed by atoms with van der Waals surface area (Å²) in [7, 11) is 0. The minimum atomic E-state index is -4.28. The highest BCUT2D eigenvalue weighted by atomic mass is 127. The average Bonchev–Trinajstić information content (AvgIpc) is 2.29. The van der Waals surface area contributed by atoms with Crippen molar-refractivity contribution in [1.29, 1.82) is 0 Å². The van der Waals surface area contributed by atoms with Gasteiger partial charge in [0.2, 0.25) is 0 Å². The maximum absolute atomic E-state index is 12.4. The van der Waals surface area contributed by atoms with E-state index in [2.05, 4.69) is 28.7 Å². The third kappa shape index (κ3) is 3.00. The molecule has 0 nitrogen and oxygen atoms in total. The predicted molar refractivity (Wildman–Crippen MR) is 68.4 cm³/mol. The zero-order valence-corrected chi connectivity index (χ0v) is 10.7. The average molecular weight is 347 g/mol. The number of benzene rings is 2. The summed E-state index contributed by atoms with van der Waals surface area (Å²) in [4.78, 5) is 0. The van der Waals surface area contributed by atoms with Gasteiger partial charge in [-0.1, -0.05) is 18.2 Å². The summed E-state index contributed by atoms with van der Waals surface area (Å²) in [5.74, 6) is 0. The quantitative estimate of drug-likeness (QED) is 0.652. The lowest BCUT2D eigenvalue weighted by Crippen LogP contribution is -2.03. The van der Waals surface area contributed by atoms with Crippen LogP contribution in [0.3, 0.4) is 0 Å². The number of halogens is 4. The molecule has 0 aromatic heterocycles. The zero-order chi connectivity index (χ0) is 12.5. The first-order valence-electron chi connectivity index (χ1n) is 4.82. The topological polar surface area (TPSA) is 0 Å². The van der Waals surface area contributed by atoms with Gasteiger partial charge >= 0.3 is 6.18 Å². The Labute approximate surface area is 111 Å². The molecule has 0 aliphatic heterocycles. The predicted octanol–water partition coefficient (Wildman–Crippen LogP) is 4.78. The Hall–Kier alpha value is -1.04. The van der Waals surface area contributed by atoms with E-state index in [1.807, 2.05) is 12.1 Å². The second kappa shape index (κ2) is 4.68. The Morgan fingerprint density at radius 1 is 0.882 bits per heavy atom. The maximum atomic E-state index is 12.4. The molecule has 0 saturated carbocycles. The van der Waals surface area contributed by atoms with Crippen LogP contribution in [0.15, 0.2) is 42.5 Å². The van der Waals surface area contributed by atoms with Gasteiger partial charge in [-0.25, -0.2) is 0 Å². The normalized spacial score (nSPS) is 11.5. The van der Waals surface area contributed by atoms with Crippen molar-refractivity contribution in [3.8, 4) is 11.1 Å². The standard InChI is InChI=1S/C13H7F3I/c14-13(15,16)11-5-1-9(2-6-11)10-3-7-12(17)8-4-10/h1-7H. The molecule has 0 spiro atoms. The fraction of sp³-hybridized carbons (Fsp3) is 0.0769. The van der Waals surface area contributed by atoms with Crippen LogP contribution in [-0.4, -0.2) is 0 Å². The van der Waals surface area contributed by atoms with E-state index in [0.29, 0.717) is 0 Å². The van der Waals surface area contributed by atoms with E-state index < -0.39 is 11.7 Å². The lowest BCUT2D eigenvalue weighted by atomic mass is 10.0. The van der Waals surface area contributed by atoms with Crippen LogP contribution in [-0.2, 0) is 6.18 Å². The van der Waals surface area contributed by atoms with E-state index >= 15 is 0 Å². The molecule has 0 N–H and O–H groups in total. The van der Waals surface area contributed by atoms with Crippen LogP contribution >= 0.6 is 22.6 Å². The number of alkyl halides is 3. The fourth-order valence-electron chi connectivity index (χ4n) is 1.44. The maximum Gasteiger partial charge on any atom is 0.416 e. The minimum Gasteiger partial charge on any atom is -0.166 e. The van der Waals surface area contributed by atoms with E-state index in [4.69, 9.17) is 0 Å². The van der Waals surface area contributed by atoms with Crippen LogP contribution in [0.25, 0.3) is 11.1 Å². The van der Waals surface area contributed by atoms with Crippen LogP contribution in [0.1, 0.15) is 5.56 Å². The zero-order valence-electron chi connectivity index (χ0n) is 8.55. The molecule has 0 aliphatic carbocycles. The van der Waals surface area contributed by atoms with E-state index in [1.165, 1.54) is 12.1 Å². The number of hydrogen-bond acceptors (Lipinski definition) is 0. The third-order valence-corrected chi connectivity index (χ3v) is 2.99. The van der Waals surface area contributed by atoms with Crippen molar-refractivity contribution >= 4 is 22.6 Å². The highest BCUT2D eigenvalue weighted by Crippen LogP contribution is 2.30. The molecule has 0 saturated heterocycles. The Kier molecular flexibility index (Phi) is 3.42. The fourth-order valence-corrected chi connectivity index (χ4v) is 1.77. The van der Waals surface area contributed by atoms with Crippen molar-refractivity contribution in [3.63, 3.8) is 0 Å². The minimum absolute atomic E-state index is 0.629. The second-order valence-electron chi connectivity index (χ2n) is 3.50. The molecule has 87 valence electrons. The Bertz CT molecular complexity index is 498. The molecular weight excluding hydrogens is 340 g/mol. The Morgan fingerprint density at radius 2 is 1.47 bits per heavy atom. The second-order valence-corrected chi connectivity index (χ2v) is 4.66. The SMILES string of the molecule is FC(F)(F)c1ccc(-c2c[c]c(I)cc2)cc1. The first-order chi connectivity index (χ1) is 7.97. The lowest BCUT2D eigenvalue weighted by Gasteiger charge is -2.07. The van der Waals surface area contributed by atoms with Crippen molar-refractivity contribution in [2.45, 2.75) is 6.18 Å². The van der Waals surface area contributed by atoms with Gasteiger partial charge in [-0.2, -0.15) is 13.2 Å². The summed E-state index contributed by atoms with van der Waals surface area (Å²) in [6.45, 7) is 0. The largest absolute Gasteiger partial charge is 0.416 e. The molecule has 1 radical (unpaired) electrons. The van der Waals surface area contributed by atoms with Gasteiger partial charge < -0.3 is 0 Å². The lowest BCUT2D eigenvalue weighted by molar-refractivity contribution is -0.137. The van der Waals surface area contributed by atoms with Crippen LogP contribution in [0.2, 0.25) is 0 Å². The Morgan fingerprint density at radius 3 is 1.94 bits per heavy atom. The molecule has 2 rings (SSSR count). The van der Waals surface area contributed by atoms with Crippen LogP contribution in [0, 0.1) is 9.64 Å². The van der Waals surface area contributed by atoms with Crippen molar-refractivity contribution in [2.75, 3.05) is 0 Å². The summed E-state index contributed by atoms with van der Waals surface area (Å²) < 4.78 is 38.1. The van der Waals surface area contributed by atoms with Crippen molar-refractivity contribution in [1.82, 2.24) is 0 Å². The van der Waals surface area contributed by atoms with Crippen LogP contribution in [0.4, 0.5) is 13.2 Å².